The van der Waals surface area contributed by atoms with Gasteiger partial charge < -0.3 is 30.5 Å². The first-order valence-electron chi connectivity index (χ1n) is 14.6. The van der Waals surface area contributed by atoms with Gasteiger partial charge in [0.05, 0.1) is 18.9 Å². The summed E-state index contributed by atoms with van der Waals surface area (Å²) >= 11 is 0. The van der Waals surface area contributed by atoms with Crippen molar-refractivity contribution < 1.29 is 18.7 Å². The van der Waals surface area contributed by atoms with Crippen molar-refractivity contribution in [1.82, 2.24) is 14.9 Å². The van der Waals surface area contributed by atoms with Gasteiger partial charge in [0.25, 0.3) is 5.91 Å². The van der Waals surface area contributed by atoms with Gasteiger partial charge in [-0.05, 0) is 87.2 Å². The zero-order valence-electron chi connectivity index (χ0n) is 25.5. The lowest BCUT2D eigenvalue weighted by atomic mass is 10.1. The maximum Gasteiger partial charge on any atom is 0.255 e. The first kappa shape index (κ1) is 31.3. The molecule has 2 amide bonds. The molecule has 0 aliphatic carbocycles. The number of nitrogens with zero attached hydrogens (tertiary/aromatic N) is 4. The van der Waals surface area contributed by atoms with Gasteiger partial charge in [-0.2, -0.15) is 0 Å². The molecule has 1 aromatic heterocycles. The number of amides is 2. The van der Waals surface area contributed by atoms with Crippen LogP contribution in [0, 0.1) is 12.7 Å². The van der Waals surface area contributed by atoms with Gasteiger partial charge in [0.1, 0.15) is 5.82 Å². The van der Waals surface area contributed by atoms with Crippen LogP contribution in [0.1, 0.15) is 15.9 Å². The standard InChI is InChI=1S/C34H36FN7O3/c1-23-18-28(38-33(44)24-6-4-7-27(20-24)37-32(43)8-5-13-41(2)3)9-10-30(23)39-34-36-12-11-31(40-34)25-19-26(35)22-29(21-25)42-14-16-45-17-15-42/h4-12,18-22H,13-17H2,1-3H3,(H,37,43)(H,38,44)(H,36,39,40)/b8-5+. The van der Waals surface area contributed by atoms with Gasteiger partial charge in [-0.25, -0.2) is 14.4 Å². The maximum atomic E-state index is 14.6. The van der Waals surface area contributed by atoms with Gasteiger partial charge in [0, 0.05) is 65.8 Å². The van der Waals surface area contributed by atoms with E-state index in [4.69, 9.17) is 4.74 Å². The van der Waals surface area contributed by atoms with E-state index in [0.717, 1.165) is 16.9 Å². The van der Waals surface area contributed by atoms with Gasteiger partial charge in [-0.3, -0.25) is 9.59 Å². The zero-order chi connectivity index (χ0) is 31.8. The minimum Gasteiger partial charge on any atom is -0.378 e. The second-order valence-electron chi connectivity index (χ2n) is 10.9. The van der Waals surface area contributed by atoms with Crippen molar-refractivity contribution in [1.29, 1.82) is 0 Å². The number of morpholine rings is 1. The molecule has 3 aromatic carbocycles. The quantitative estimate of drug-likeness (QED) is 0.203. The Hall–Kier alpha value is -5.13. The van der Waals surface area contributed by atoms with Crippen molar-refractivity contribution in [3.05, 3.63) is 102 Å². The Morgan fingerprint density at radius 1 is 1.00 bits per heavy atom. The van der Waals surface area contributed by atoms with Crippen LogP contribution < -0.4 is 20.9 Å². The molecule has 2 heterocycles. The largest absolute Gasteiger partial charge is 0.378 e. The number of aromatic nitrogens is 2. The van der Waals surface area contributed by atoms with Gasteiger partial charge in [-0.15, -0.1) is 0 Å². The molecule has 232 valence electrons. The average molecular weight is 610 g/mol. The van der Waals surface area contributed by atoms with E-state index in [2.05, 4.69) is 30.8 Å². The summed E-state index contributed by atoms with van der Waals surface area (Å²) in [7, 11) is 3.84. The molecule has 0 radical (unpaired) electrons. The number of rotatable bonds is 10. The van der Waals surface area contributed by atoms with Crippen molar-refractivity contribution in [3.63, 3.8) is 0 Å². The topological polar surface area (TPSA) is 112 Å². The molecule has 0 saturated carbocycles. The van der Waals surface area contributed by atoms with E-state index in [1.807, 2.05) is 44.1 Å². The maximum absolute atomic E-state index is 14.6. The smallest absolute Gasteiger partial charge is 0.255 e. The molecule has 1 saturated heterocycles. The number of hydrogen-bond donors (Lipinski definition) is 3. The van der Waals surface area contributed by atoms with Crippen molar-refractivity contribution in [2.24, 2.45) is 0 Å². The molecule has 0 unspecified atom stereocenters. The lowest BCUT2D eigenvalue weighted by molar-refractivity contribution is -0.111. The minimum atomic E-state index is -0.333. The molecule has 3 N–H and O–H groups in total. The molecular formula is C34H36FN7O3. The highest BCUT2D eigenvalue weighted by atomic mass is 19.1. The molecule has 0 spiro atoms. The predicted molar refractivity (Wildman–Crippen MR) is 176 cm³/mol. The van der Waals surface area contributed by atoms with Crippen molar-refractivity contribution in [3.8, 4) is 11.3 Å². The van der Waals surface area contributed by atoms with Crippen molar-refractivity contribution in [2.45, 2.75) is 6.92 Å². The lowest BCUT2D eigenvalue weighted by Crippen LogP contribution is -2.36. The number of likely N-dealkylation sites (N-methyl/N-ethyl adjacent to an activating group) is 1. The van der Waals surface area contributed by atoms with Gasteiger partial charge in [-0.1, -0.05) is 12.1 Å². The van der Waals surface area contributed by atoms with E-state index in [-0.39, 0.29) is 17.6 Å². The molecule has 1 fully saturated rings. The fraction of sp³-hybridized carbons (Fsp3) is 0.235. The molecule has 0 atom stereocenters. The normalized spacial score (nSPS) is 13.2. The monoisotopic (exact) mass is 609 g/mol. The fourth-order valence-corrected chi connectivity index (χ4v) is 4.80. The van der Waals surface area contributed by atoms with E-state index >= 15 is 0 Å². The summed E-state index contributed by atoms with van der Waals surface area (Å²) in [5.41, 5.74) is 5.18. The summed E-state index contributed by atoms with van der Waals surface area (Å²) in [6.07, 6.45) is 4.86. The van der Waals surface area contributed by atoms with Crippen LogP contribution in [0.3, 0.4) is 0 Å². The van der Waals surface area contributed by atoms with E-state index in [9.17, 15) is 14.0 Å². The van der Waals surface area contributed by atoms with Crippen LogP contribution in [0.2, 0.25) is 0 Å². The summed E-state index contributed by atoms with van der Waals surface area (Å²) < 4.78 is 20.0. The molecular weight excluding hydrogens is 573 g/mol. The van der Waals surface area contributed by atoms with Crippen molar-refractivity contribution in [2.75, 3.05) is 67.8 Å². The van der Waals surface area contributed by atoms with Gasteiger partial charge in [0.2, 0.25) is 11.9 Å². The highest BCUT2D eigenvalue weighted by Gasteiger charge is 2.15. The number of benzene rings is 3. The Morgan fingerprint density at radius 2 is 1.80 bits per heavy atom. The summed E-state index contributed by atoms with van der Waals surface area (Å²) in [6, 6.07) is 18.9. The Bertz CT molecular complexity index is 1700. The van der Waals surface area contributed by atoms with E-state index in [0.29, 0.717) is 67.0 Å². The molecule has 45 heavy (non-hydrogen) atoms. The summed E-state index contributed by atoms with van der Waals surface area (Å²) in [6.45, 7) is 5.18. The number of halogens is 1. The Kier molecular flexibility index (Phi) is 10.1. The third-order valence-corrected chi connectivity index (χ3v) is 7.07. The molecule has 11 heteroatoms. The highest BCUT2D eigenvalue weighted by Crippen LogP contribution is 2.28. The van der Waals surface area contributed by atoms with Gasteiger partial charge in [0.15, 0.2) is 0 Å². The third-order valence-electron chi connectivity index (χ3n) is 7.07. The molecule has 0 bridgehead atoms. The van der Waals surface area contributed by atoms with E-state index in [1.54, 1.807) is 48.7 Å². The summed E-state index contributed by atoms with van der Waals surface area (Å²) in [5, 5.41) is 8.92. The average Bonchev–Trinajstić information content (AvgIpc) is 3.02. The first-order chi connectivity index (χ1) is 21.7. The second-order valence-corrected chi connectivity index (χ2v) is 10.9. The molecule has 1 aliphatic heterocycles. The SMILES string of the molecule is Cc1cc(NC(=O)c2cccc(NC(=O)/C=C/CN(C)C)c2)ccc1Nc1nccc(-c2cc(F)cc(N3CCOCC3)c2)n1. The summed E-state index contributed by atoms with van der Waals surface area (Å²) in [4.78, 5) is 38.2. The Labute approximate surface area is 261 Å². The van der Waals surface area contributed by atoms with Crippen LogP contribution in [-0.4, -0.2) is 73.6 Å². The van der Waals surface area contributed by atoms with Crippen LogP contribution in [0.15, 0.2) is 85.1 Å². The minimum absolute atomic E-state index is 0.267. The number of carbonyl (C=O) groups excluding carboxylic acids is 2. The van der Waals surface area contributed by atoms with E-state index in [1.165, 1.54) is 18.2 Å². The lowest BCUT2D eigenvalue weighted by Gasteiger charge is -2.29. The molecule has 4 aromatic rings. The van der Waals surface area contributed by atoms with Crippen LogP contribution in [0.5, 0.6) is 0 Å². The number of aryl methyl sites for hydroxylation is 1. The number of anilines is 5. The molecule has 5 rings (SSSR count). The third kappa shape index (κ3) is 8.71. The second kappa shape index (κ2) is 14.6. The highest BCUT2D eigenvalue weighted by molar-refractivity contribution is 6.06. The first-order valence-corrected chi connectivity index (χ1v) is 14.6. The number of ether oxygens (including phenoxy) is 1. The van der Waals surface area contributed by atoms with Crippen molar-refractivity contribution >= 4 is 40.5 Å². The fourth-order valence-electron chi connectivity index (χ4n) is 4.80. The van der Waals surface area contributed by atoms with Crippen LogP contribution in [0.25, 0.3) is 11.3 Å². The van der Waals surface area contributed by atoms with E-state index < -0.39 is 0 Å². The summed E-state index contributed by atoms with van der Waals surface area (Å²) in [5.74, 6) is -0.548. The van der Waals surface area contributed by atoms with Crippen LogP contribution in [-0.2, 0) is 9.53 Å². The molecule has 1 aliphatic rings. The predicted octanol–water partition coefficient (Wildman–Crippen LogP) is 5.48. The Morgan fingerprint density at radius 3 is 2.58 bits per heavy atom. The Balaban J connectivity index is 1.24. The number of carbonyl (C=O) groups is 2. The number of nitrogens with one attached hydrogen (secondary N) is 3. The molecule has 10 nitrogen and oxygen atoms in total. The van der Waals surface area contributed by atoms with Crippen LogP contribution >= 0.6 is 0 Å². The zero-order valence-corrected chi connectivity index (χ0v) is 25.5. The van der Waals surface area contributed by atoms with Gasteiger partial charge >= 0.3 is 0 Å². The van der Waals surface area contributed by atoms with Crippen LogP contribution in [0.4, 0.5) is 33.1 Å². The number of hydrogen-bond acceptors (Lipinski definition) is 8.